The molecule has 0 aliphatic heterocycles. The SMILES string of the molecule is CNc1nc(Nc2cc(C)cc(C)c2)nc(N(C)C)n1. The fourth-order valence-corrected chi connectivity index (χ4v) is 1.91. The van der Waals surface area contributed by atoms with Crippen LogP contribution in [0, 0.1) is 13.8 Å². The minimum absolute atomic E-state index is 0.526. The fourth-order valence-electron chi connectivity index (χ4n) is 1.91. The van der Waals surface area contributed by atoms with Gasteiger partial charge in [-0.3, -0.25) is 0 Å². The number of aryl methyl sites for hydroxylation is 2. The maximum atomic E-state index is 4.39. The van der Waals surface area contributed by atoms with Gasteiger partial charge in [-0.1, -0.05) is 6.07 Å². The van der Waals surface area contributed by atoms with Crippen LogP contribution in [0.15, 0.2) is 18.2 Å². The van der Waals surface area contributed by atoms with Gasteiger partial charge in [0.15, 0.2) is 0 Å². The van der Waals surface area contributed by atoms with Gasteiger partial charge in [-0.2, -0.15) is 15.0 Å². The maximum absolute atomic E-state index is 4.39. The summed E-state index contributed by atoms with van der Waals surface area (Å²) in [5, 5.41) is 6.17. The van der Waals surface area contributed by atoms with Gasteiger partial charge in [-0.05, 0) is 37.1 Å². The number of hydrogen-bond acceptors (Lipinski definition) is 6. The van der Waals surface area contributed by atoms with Crippen molar-refractivity contribution in [2.75, 3.05) is 36.7 Å². The lowest BCUT2D eigenvalue weighted by molar-refractivity contribution is 0.963. The lowest BCUT2D eigenvalue weighted by atomic mass is 10.1. The lowest BCUT2D eigenvalue weighted by Crippen LogP contribution is -2.15. The van der Waals surface area contributed by atoms with Crippen LogP contribution in [-0.2, 0) is 0 Å². The van der Waals surface area contributed by atoms with E-state index >= 15 is 0 Å². The van der Waals surface area contributed by atoms with Crippen molar-refractivity contribution in [3.63, 3.8) is 0 Å². The summed E-state index contributed by atoms with van der Waals surface area (Å²) in [5.74, 6) is 1.67. The molecule has 2 N–H and O–H groups in total. The molecule has 0 bridgehead atoms. The molecule has 0 amide bonds. The molecule has 0 aliphatic carbocycles. The molecule has 0 unspecified atom stereocenters. The van der Waals surface area contributed by atoms with Gasteiger partial charge in [-0.15, -0.1) is 0 Å². The Morgan fingerprint density at radius 3 is 2.05 bits per heavy atom. The Hall–Kier alpha value is -2.37. The highest BCUT2D eigenvalue weighted by Gasteiger charge is 2.07. The van der Waals surface area contributed by atoms with Crippen molar-refractivity contribution in [1.82, 2.24) is 15.0 Å². The van der Waals surface area contributed by atoms with Gasteiger partial charge < -0.3 is 15.5 Å². The second kappa shape index (κ2) is 5.73. The molecular formula is C14H20N6. The summed E-state index contributed by atoms with van der Waals surface area (Å²) in [6.07, 6.45) is 0. The molecule has 1 aromatic heterocycles. The van der Waals surface area contributed by atoms with E-state index in [0.717, 1.165) is 5.69 Å². The van der Waals surface area contributed by atoms with Crippen molar-refractivity contribution in [3.05, 3.63) is 29.3 Å². The monoisotopic (exact) mass is 272 g/mol. The minimum Gasteiger partial charge on any atom is -0.357 e. The van der Waals surface area contributed by atoms with Crippen molar-refractivity contribution in [1.29, 1.82) is 0 Å². The Kier molecular flexibility index (Phi) is 4.02. The van der Waals surface area contributed by atoms with Crippen LogP contribution < -0.4 is 15.5 Å². The molecule has 0 saturated heterocycles. The van der Waals surface area contributed by atoms with Crippen molar-refractivity contribution in [2.24, 2.45) is 0 Å². The molecule has 6 nitrogen and oxygen atoms in total. The molecule has 0 radical (unpaired) electrons. The second-order valence-electron chi connectivity index (χ2n) is 4.93. The first-order valence-corrected chi connectivity index (χ1v) is 6.44. The molecular weight excluding hydrogens is 252 g/mol. The summed E-state index contributed by atoms with van der Waals surface area (Å²) in [6, 6.07) is 6.25. The number of nitrogens with zero attached hydrogens (tertiary/aromatic N) is 4. The minimum atomic E-state index is 0.526. The van der Waals surface area contributed by atoms with Crippen LogP contribution in [0.25, 0.3) is 0 Å². The first kappa shape index (κ1) is 14.0. The van der Waals surface area contributed by atoms with Crippen molar-refractivity contribution in [2.45, 2.75) is 13.8 Å². The third-order valence-corrected chi connectivity index (χ3v) is 2.73. The van der Waals surface area contributed by atoms with Gasteiger partial charge in [0.2, 0.25) is 17.8 Å². The standard InChI is InChI=1S/C14H20N6/c1-9-6-10(2)8-11(7-9)16-13-17-12(15-3)18-14(19-13)20(4)5/h6-8H,1-5H3,(H2,15,16,17,18,19). The van der Waals surface area contributed by atoms with Gasteiger partial charge in [0.25, 0.3) is 0 Å². The number of anilines is 4. The normalized spacial score (nSPS) is 10.2. The van der Waals surface area contributed by atoms with E-state index in [1.54, 1.807) is 7.05 Å². The van der Waals surface area contributed by atoms with Crippen molar-refractivity contribution < 1.29 is 0 Å². The maximum Gasteiger partial charge on any atom is 0.233 e. The number of rotatable bonds is 4. The van der Waals surface area contributed by atoms with E-state index in [0.29, 0.717) is 17.8 Å². The molecule has 0 atom stereocenters. The zero-order valence-corrected chi connectivity index (χ0v) is 12.5. The van der Waals surface area contributed by atoms with Crippen molar-refractivity contribution >= 4 is 23.5 Å². The predicted octanol–water partition coefficient (Wildman–Crippen LogP) is 2.34. The highest BCUT2D eigenvalue weighted by atomic mass is 15.3. The fraction of sp³-hybridized carbons (Fsp3) is 0.357. The summed E-state index contributed by atoms with van der Waals surface area (Å²) in [6.45, 7) is 4.13. The van der Waals surface area contributed by atoms with E-state index < -0.39 is 0 Å². The molecule has 20 heavy (non-hydrogen) atoms. The Labute approximate surface area is 119 Å². The smallest absolute Gasteiger partial charge is 0.233 e. The molecule has 6 heteroatoms. The molecule has 2 rings (SSSR count). The third-order valence-electron chi connectivity index (χ3n) is 2.73. The van der Waals surface area contributed by atoms with Gasteiger partial charge in [0.1, 0.15) is 0 Å². The van der Waals surface area contributed by atoms with Gasteiger partial charge in [-0.25, -0.2) is 0 Å². The summed E-state index contributed by atoms with van der Waals surface area (Å²) >= 11 is 0. The molecule has 0 spiro atoms. The first-order valence-electron chi connectivity index (χ1n) is 6.44. The quantitative estimate of drug-likeness (QED) is 0.890. The van der Waals surface area contributed by atoms with Crippen LogP contribution in [-0.4, -0.2) is 36.1 Å². The number of aromatic nitrogens is 3. The van der Waals surface area contributed by atoms with E-state index in [1.165, 1.54) is 11.1 Å². The summed E-state index contributed by atoms with van der Waals surface area (Å²) in [7, 11) is 5.58. The van der Waals surface area contributed by atoms with Crippen LogP contribution in [0.4, 0.5) is 23.5 Å². The molecule has 106 valence electrons. The molecule has 0 aliphatic rings. The molecule has 0 saturated carbocycles. The zero-order chi connectivity index (χ0) is 14.7. The van der Waals surface area contributed by atoms with E-state index in [-0.39, 0.29) is 0 Å². The Bertz CT molecular complexity index is 588. The van der Waals surface area contributed by atoms with E-state index in [4.69, 9.17) is 0 Å². The van der Waals surface area contributed by atoms with Crippen LogP contribution in [0.5, 0.6) is 0 Å². The number of benzene rings is 1. The van der Waals surface area contributed by atoms with E-state index in [1.807, 2.05) is 19.0 Å². The highest BCUT2D eigenvalue weighted by Crippen LogP contribution is 2.19. The van der Waals surface area contributed by atoms with Crippen LogP contribution in [0.1, 0.15) is 11.1 Å². The Morgan fingerprint density at radius 1 is 0.900 bits per heavy atom. The van der Waals surface area contributed by atoms with Crippen molar-refractivity contribution in [3.8, 4) is 0 Å². The van der Waals surface area contributed by atoms with Crippen LogP contribution in [0.2, 0.25) is 0 Å². The number of hydrogen-bond donors (Lipinski definition) is 2. The third kappa shape index (κ3) is 3.34. The molecule has 0 fully saturated rings. The highest BCUT2D eigenvalue weighted by molar-refractivity contribution is 5.57. The van der Waals surface area contributed by atoms with Gasteiger partial charge in [0.05, 0.1) is 0 Å². The predicted molar refractivity (Wildman–Crippen MR) is 82.9 cm³/mol. The summed E-state index contributed by atoms with van der Waals surface area (Å²) in [4.78, 5) is 14.8. The van der Waals surface area contributed by atoms with Crippen LogP contribution in [0.3, 0.4) is 0 Å². The first-order chi connectivity index (χ1) is 9.47. The van der Waals surface area contributed by atoms with Gasteiger partial charge in [0, 0.05) is 26.8 Å². The van der Waals surface area contributed by atoms with Crippen LogP contribution >= 0.6 is 0 Å². The lowest BCUT2D eigenvalue weighted by Gasteiger charge is -2.13. The number of nitrogens with one attached hydrogen (secondary N) is 2. The zero-order valence-electron chi connectivity index (χ0n) is 12.5. The van der Waals surface area contributed by atoms with E-state index in [2.05, 4.69) is 57.6 Å². The summed E-state index contributed by atoms with van der Waals surface area (Å²) < 4.78 is 0. The molecule has 1 aromatic carbocycles. The largest absolute Gasteiger partial charge is 0.357 e. The van der Waals surface area contributed by atoms with E-state index in [9.17, 15) is 0 Å². The average molecular weight is 272 g/mol. The Morgan fingerprint density at radius 2 is 1.50 bits per heavy atom. The molecule has 1 heterocycles. The second-order valence-corrected chi connectivity index (χ2v) is 4.93. The van der Waals surface area contributed by atoms with Gasteiger partial charge >= 0.3 is 0 Å². The summed E-state index contributed by atoms with van der Waals surface area (Å²) in [5.41, 5.74) is 3.37. The topological polar surface area (TPSA) is 66.0 Å². The molecule has 2 aromatic rings. The Balaban J connectivity index is 2.34. The average Bonchev–Trinajstić information content (AvgIpc) is 2.36.